The maximum absolute atomic E-state index is 10.8. The van der Waals surface area contributed by atoms with Gasteiger partial charge >= 0.3 is 5.69 Å². The van der Waals surface area contributed by atoms with E-state index >= 15 is 0 Å². The van der Waals surface area contributed by atoms with Gasteiger partial charge in [0.25, 0.3) is 5.56 Å². The largest absolute Gasteiger partial charge is 0.326 e. The number of hydrogen-bond donors (Lipinski definition) is 2. The fourth-order valence-corrected chi connectivity index (χ4v) is 1.01. The lowest BCUT2D eigenvalue weighted by molar-refractivity contribution is 0.982. The van der Waals surface area contributed by atoms with Gasteiger partial charge < -0.3 is 4.98 Å². The minimum absolute atomic E-state index is 0.326. The predicted molar refractivity (Wildman–Crippen MR) is 45.1 cm³/mol. The zero-order valence-electron chi connectivity index (χ0n) is 5.19. The lowest BCUT2D eigenvalue weighted by Crippen LogP contribution is -2.25. The third-order valence-corrected chi connectivity index (χ3v) is 2.20. The van der Waals surface area contributed by atoms with E-state index in [-0.39, 0.29) is 5.56 Å². The zero-order chi connectivity index (χ0) is 7.72. The topological polar surface area (TPSA) is 65.7 Å². The summed E-state index contributed by atoms with van der Waals surface area (Å²) in [4.78, 5) is 25.9. The molecule has 5 heteroatoms. The third kappa shape index (κ3) is 1.28. The highest BCUT2D eigenvalue weighted by atomic mass is 127. The standard InChI is InChI=1S/C5H5IN2O2/c1-2-3(6)7-5(10)8-4(2)9/h1H3,(H2,7,8,9,10). The maximum Gasteiger partial charge on any atom is 0.326 e. The number of aromatic amines is 2. The van der Waals surface area contributed by atoms with Crippen molar-refractivity contribution in [2.45, 2.75) is 6.92 Å². The van der Waals surface area contributed by atoms with E-state index in [2.05, 4.69) is 9.97 Å². The molecule has 0 aliphatic heterocycles. The molecule has 0 saturated heterocycles. The molecule has 0 fully saturated rings. The van der Waals surface area contributed by atoms with E-state index in [0.29, 0.717) is 9.26 Å². The Morgan fingerprint density at radius 2 is 1.90 bits per heavy atom. The van der Waals surface area contributed by atoms with Gasteiger partial charge in [0.05, 0.1) is 3.70 Å². The van der Waals surface area contributed by atoms with Crippen LogP contribution < -0.4 is 11.2 Å². The van der Waals surface area contributed by atoms with E-state index in [9.17, 15) is 9.59 Å². The smallest absolute Gasteiger partial charge is 0.302 e. The van der Waals surface area contributed by atoms with E-state index in [0.717, 1.165) is 0 Å². The van der Waals surface area contributed by atoms with Crippen molar-refractivity contribution in [2.75, 3.05) is 0 Å². The van der Waals surface area contributed by atoms with E-state index in [1.807, 2.05) is 22.6 Å². The lowest BCUT2D eigenvalue weighted by Gasteiger charge is -1.91. The number of H-pyrrole nitrogens is 2. The van der Waals surface area contributed by atoms with Crippen LogP contribution in [0.4, 0.5) is 0 Å². The van der Waals surface area contributed by atoms with Gasteiger partial charge in [-0.05, 0) is 29.5 Å². The molecule has 1 aromatic rings. The summed E-state index contributed by atoms with van der Waals surface area (Å²) in [7, 11) is 0. The van der Waals surface area contributed by atoms with Gasteiger partial charge in [-0.2, -0.15) is 0 Å². The number of hydrogen-bond acceptors (Lipinski definition) is 2. The summed E-state index contributed by atoms with van der Waals surface area (Å²) in [5.74, 6) is 0. The zero-order valence-corrected chi connectivity index (χ0v) is 7.35. The van der Waals surface area contributed by atoms with Gasteiger partial charge in [0.15, 0.2) is 0 Å². The second kappa shape index (κ2) is 2.57. The fourth-order valence-electron chi connectivity index (χ4n) is 0.521. The Hall–Kier alpha value is -0.590. The highest BCUT2D eigenvalue weighted by Gasteiger charge is 1.98. The van der Waals surface area contributed by atoms with Gasteiger partial charge in [-0.25, -0.2) is 4.79 Å². The van der Waals surface area contributed by atoms with Crippen molar-refractivity contribution in [3.63, 3.8) is 0 Å². The van der Waals surface area contributed by atoms with Crippen LogP contribution in [0.3, 0.4) is 0 Å². The van der Waals surface area contributed by atoms with Gasteiger partial charge in [0.1, 0.15) is 0 Å². The van der Waals surface area contributed by atoms with Crippen LogP contribution in [0.25, 0.3) is 0 Å². The van der Waals surface area contributed by atoms with Gasteiger partial charge in [0.2, 0.25) is 0 Å². The first-order valence-electron chi connectivity index (χ1n) is 2.60. The lowest BCUT2D eigenvalue weighted by atomic mass is 10.4. The second-order valence-corrected chi connectivity index (χ2v) is 2.93. The molecule has 0 aliphatic rings. The van der Waals surface area contributed by atoms with E-state index in [4.69, 9.17) is 0 Å². The Labute approximate surface area is 69.8 Å². The monoisotopic (exact) mass is 252 g/mol. The molecule has 54 valence electrons. The summed E-state index contributed by atoms with van der Waals surface area (Å²) in [5.41, 5.74) is -0.242. The first kappa shape index (κ1) is 7.52. The molecule has 2 N–H and O–H groups in total. The molecule has 0 aromatic carbocycles. The molecule has 0 amide bonds. The Kier molecular flexibility index (Phi) is 1.93. The first-order valence-corrected chi connectivity index (χ1v) is 3.68. The van der Waals surface area contributed by atoms with Gasteiger partial charge in [0, 0.05) is 5.56 Å². The summed E-state index contributed by atoms with van der Waals surface area (Å²) in [6.07, 6.45) is 0. The minimum Gasteiger partial charge on any atom is -0.302 e. The van der Waals surface area contributed by atoms with Crippen molar-refractivity contribution >= 4 is 22.6 Å². The SMILES string of the molecule is Cc1c(I)[nH]c(=O)[nH]c1=O. The van der Waals surface area contributed by atoms with Crippen LogP contribution in [0.2, 0.25) is 0 Å². The second-order valence-electron chi connectivity index (χ2n) is 1.85. The van der Waals surface area contributed by atoms with Crippen molar-refractivity contribution < 1.29 is 0 Å². The molecule has 1 aromatic heterocycles. The van der Waals surface area contributed by atoms with Crippen LogP contribution in [0, 0.1) is 10.6 Å². The highest BCUT2D eigenvalue weighted by molar-refractivity contribution is 14.1. The van der Waals surface area contributed by atoms with Crippen molar-refractivity contribution in [3.05, 3.63) is 30.1 Å². The van der Waals surface area contributed by atoms with Crippen LogP contribution in [0.5, 0.6) is 0 Å². The third-order valence-electron chi connectivity index (χ3n) is 1.12. The molecular weight excluding hydrogens is 247 g/mol. The predicted octanol–water partition coefficient (Wildman–Crippen LogP) is -0.0238. The Morgan fingerprint density at radius 3 is 2.40 bits per heavy atom. The normalized spacial score (nSPS) is 9.80. The first-order chi connectivity index (χ1) is 4.61. The van der Waals surface area contributed by atoms with Gasteiger partial charge in [-0.1, -0.05) is 0 Å². The minimum atomic E-state index is -0.458. The Balaban J connectivity index is 3.62. The molecule has 0 radical (unpaired) electrons. The summed E-state index contributed by atoms with van der Waals surface area (Å²) in [6, 6.07) is 0. The molecule has 0 atom stereocenters. The number of rotatable bonds is 0. The molecule has 10 heavy (non-hydrogen) atoms. The molecule has 0 spiro atoms. The van der Waals surface area contributed by atoms with Crippen molar-refractivity contribution in [2.24, 2.45) is 0 Å². The van der Waals surface area contributed by atoms with Gasteiger partial charge in [-0.3, -0.25) is 9.78 Å². The average molecular weight is 252 g/mol. The van der Waals surface area contributed by atoms with E-state index < -0.39 is 5.69 Å². The van der Waals surface area contributed by atoms with Crippen molar-refractivity contribution in [1.29, 1.82) is 0 Å². The maximum atomic E-state index is 10.8. The molecular formula is C5H5IN2O2. The molecule has 0 aliphatic carbocycles. The summed E-state index contributed by atoms with van der Waals surface area (Å²) < 4.78 is 0.589. The molecule has 0 unspecified atom stereocenters. The average Bonchev–Trinajstić information content (AvgIpc) is 1.82. The van der Waals surface area contributed by atoms with Crippen LogP contribution in [0.15, 0.2) is 9.59 Å². The van der Waals surface area contributed by atoms with Crippen LogP contribution in [-0.4, -0.2) is 9.97 Å². The molecule has 0 saturated carbocycles. The summed E-state index contributed by atoms with van der Waals surface area (Å²) in [5, 5.41) is 0. The Bertz CT molecular complexity index is 351. The molecule has 1 heterocycles. The number of nitrogens with one attached hydrogen (secondary N) is 2. The Morgan fingerprint density at radius 1 is 1.30 bits per heavy atom. The van der Waals surface area contributed by atoms with Crippen molar-refractivity contribution in [3.8, 4) is 0 Å². The quantitative estimate of drug-likeness (QED) is 0.503. The molecule has 1 rings (SSSR count). The van der Waals surface area contributed by atoms with Crippen molar-refractivity contribution in [1.82, 2.24) is 9.97 Å². The molecule has 4 nitrogen and oxygen atoms in total. The van der Waals surface area contributed by atoms with Gasteiger partial charge in [-0.15, -0.1) is 0 Å². The highest BCUT2D eigenvalue weighted by Crippen LogP contribution is 1.97. The van der Waals surface area contributed by atoms with Crippen LogP contribution in [0.1, 0.15) is 5.56 Å². The summed E-state index contributed by atoms with van der Waals surface area (Å²) in [6.45, 7) is 1.65. The van der Waals surface area contributed by atoms with E-state index in [1.54, 1.807) is 6.92 Å². The molecule has 0 bridgehead atoms. The fraction of sp³-hybridized carbons (Fsp3) is 0.200. The summed E-state index contributed by atoms with van der Waals surface area (Å²) >= 11 is 1.90. The van der Waals surface area contributed by atoms with Crippen LogP contribution >= 0.6 is 22.6 Å². The number of halogens is 1. The van der Waals surface area contributed by atoms with E-state index in [1.165, 1.54) is 0 Å². The van der Waals surface area contributed by atoms with Crippen LogP contribution in [-0.2, 0) is 0 Å². The number of aromatic nitrogens is 2.